The largest absolute Gasteiger partial charge is 4.00 e. The summed E-state index contributed by atoms with van der Waals surface area (Å²) in [6.45, 7) is 13.8. The second kappa shape index (κ2) is 11.2. The van der Waals surface area contributed by atoms with Crippen molar-refractivity contribution in [2.75, 3.05) is 0 Å². The molecule has 0 saturated carbocycles. The standard InChI is InChI=1S/C23H27Si.3ClH.Ti/c1-17-12-14-22(15-13-17)24(6,21-10-8-7-9-11-21)23(5)16-18(2)19(3)20(23)4;;;;/h7-15H,1-6H3;3*1H;/q-1;;;;+4/p-3. The summed E-state index contributed by atoms with van der Waals surface area (Å²) in [7, 11) is -2.05. The zero-order valence-corrected chi connectivity index (χ0v) is 22.2. The van der Waals surface area contributed by atoms with Gasteiger partial charge in [0.15, 0.2) is 0 Å². The zero-order chi connectivity index (χ0) is 17.5. The molecule has 0 radical (unpaired) electrons. The van der Waals surface area contributed by atoms with Crippen LogP contribution in [0.2, 0.25) is 11.6 Å². The Bertz CT molecular complexity index is 831. The average Bonchev–Trinajstić information content (AvgIpc) is 2.80. The van der Waals surface area contributed by atoms with E-state index in [1.54, 1.807) is 0 Å². The smallest absolute Gasteiger partial charge is 1.00 e. The van der Waals surface area contributed by atoms with Crippen LogP contribution in [0.25, 0.3) is 0 Å². The Morgan fingerprint density at radius 2 is 1.21 bits per heavy atom. The van der Waals surface area contributed by atoms with Gasteiger partial charge in [0.2, 0.25) is 0 Å². The molecule has 5 heteroatoms. The van der Waals surface area contributed by atoms with Crippen molar-refractivity contribution in [2.24, 2.45) is 0 Å². The molecule has 0 aliphatic heterocycles. The molecule has 2 aromatic carbocycles. The van der Waals surface area contributed by atoms with Crippen LogP contribution in [-0.4, -0.2) is 8.07 Å². The normalized spacial score (nSPS) is 19.9. The Hall–Kier alpha value is -0.279. The molecule has 0 saturated heterocycles. The summed E-state index contributed by atoms with van der Waals surface area (Å²) in [5, 5.41) is 2.94. The van der Waals surface area contributed by atoms with Gasteiger partial charge in [-0.1, -0.05) is 103 Å². The summed E-state index contributed by atoms with van der Waals surface area (Å²) in [6.07, 6.45) is 3.89. The van der Waals surface area contributed by atoms with Crippen LogP contribution in [-0.2, 0) is 21.7 Å². The van der Waals surface area contributed by atoms with Crippen LogP contribution in [0, 0.1) is 13.0 Å². The monoisotopic (exact) mass is 484 g/mol. The maximum Gasteiger partial charge on any atom is 4.00 e. The van der Waals surface area contributed by atoms with E-state index in [0.717, 1.165) is 0 Å². The molecule has 0 amide bonds. The maximum atomic E-state index is 3.89. The van der Waals surface area contributed by atoms with Gasteiger partial charge in [0.05, 0.1) is 0 Å². The van der Waals surface area contributed by atoms with Crippen molar-refractivity contribution < 1.29 is 58.9 Å². The van der Waals surface area contributed by atoms with Crippen LogP contribution in [0.3, 0.4) is 0 Å². The molecule has 0 aromatic heterocycles. The molecule has 148 valence electrons. The van der Waals surface area contributed by atoms with E-state index in [1.165, 1.54) is 32.7 Å². The van der Waals surface area contributed by atoms with E-state index in [2.05, 4.69) is 102 Å². The van der Waals surface area contributed by atoms with Crippen LogP contribution in [0.15, 0.2) is 71.3 Å². The first-order valence-corrected chi connectivity index (χ1v) is 11.2. The summed E-state index contributed by atoms with van der Waals surface area (Å²) in [6, 6.07) is 20.3. The van der Waals surface area contributed by atoms with Gasteiger partial charge in [0.1, 0.15) is 8.07 Å². The molecule has 0 nitrogen and oxygen atoms in total. The van der Waals surface area contributed by atoms with E-state index in [0.29, 0.717) is 0 Å². The molecular formula is C23H27Cl3SiTi. The van der Waals surface area contributed by atoms with Gasteiger partial charge in [-0.3, -0.25) is 6.08 Å². The van der Waals surface area contributed by atoms with Gasteiger partial charge >= 0.3 is 21.7 Å². The van der Waals surface area contributed by atoms with Gasteiger partial charge in [-0.2, -0.15) is 11.1 Å². The molecule has 0 bridgehead atoms. The molecule has 0 spiro atoms. The Kier molecular flexibility index (Phi) is 12.0. The first-order chi connectivity index (χ1) is 11.3. The molecule has 28 heavy (non-hydrogen) atoms. The SMILES string of the molecule is CC1=[C-]C(C)([Si](C)(c2ccccc2)c2ccc(C)cc2)C(C)=C1C.[Cl-].[Cl-].[Cl-].[Ti+4]. The number of allylic oxidation sites excluding steroid dienone is 4. The van der Waals surface area contributed by atoms with Crippen LogP contribution in [0.1, 0.15) is 33.3 Å². The quantitative estimate of drug-likeness (QED) is 0.308. The summed E-state index contributed by atoms with van der Waals surface area (Å²) in [4.78, 5) is 0. The van der Waals surface area contributed by atoms with E-state index in [9.17, 15) is 0 Å². The van der Waals surface area contributed by atoms with Gasteiger partial charge in [0, 0.05) is 0 Å². The van der Waals surface area contributed by atoms with Crippen molar-refractivity contribution in [1.29, 1.82) is 0 Å². The molecular weight excluding hydrogens is 459 g/mol. The minimum atomic E-state index is -2.05. The summed E-state index contributed by atoms with van der Waals surface area (Å²) in [5.74, 6) is 0. The molecule has 0 fully saturated rings. The number of hydrogen-bond acceptors (Lipinski definition) is 0. The van der Waals surface area contributed by atoms with Crippen molar-refractivity contribution in [2.45, 2.75) is 46.2 Å². The molecule has 1 aliphatic rings. The molecule has 0 heterocycles. The summed E-state index contributed by atoms with van der Waals surface area (Å²) >= 11 is 0. The fourth-order valence-corrected chi connectivity index (χ4v) is 8.68. The fraction of sp³-hybridized carbons (Fsp3) is 0.304. The predicted molar refractivity (Wildman–Crippen MR) is 108 cm³/mol. The third kappa shape index (κ3) is 4.72. The third-order valence-corrected chi connectivity index (χ3v) is 11.8. The molecule has 0 N–H and O–H groups in total. The third-order valence-electron chi connectivity index (χ3n) is 6.29. The van der Waals surface area contributed by atoms with Gasteiger partial charge < -0.3 is 37.2 Å². The Morgan fingerprint density at radius 1 is 0.750 bits per heavy atom. The minimum absolute atomic E-state index is 0. The summed E-state index contributed by atoms with van der Waals surface area (Å²) < 4.78 is 0. The Morgan fingerprint density at radius 3 is 1.64 bits per heavy atom. The number of benzene rings is 2. The van der Waals surface area contributed by atoms with Crippen LogP contribution in [0.4, 0.5) is 0 Å². The molecule has 3 rings (SSSR count). The minimum Gasteiger partial charge on any atom is -1.00 e. The van der Waals surface area contributed by atoms with Gasteiger partial charge in [0.25, 0.3) is 0 Å². The number of aryl methyl sites for hydroxylation is 1. The number of halogens is 3. The van der Waals surface area contributed by atoms with E-state index >= 15 is 0 Å². The van der Waals surface area contributed by atoms with Gasteiger partial charge in [-0.15, -0.1) is 6.92 Å². The zero-order valence-electron chi connectivity index (χ0n) is 17.3. The van der Waals surface area contributed by atoms with E-state index in [1.807, 2.05) is 0 Å². The van der Waals surface area contributed by atoms with E-state index in [4.69, 9.17) is 0 Å². The van der Waals surface area contributed by atoms with Crippen molar-refractivity contribution in [3.05, 3.63) is 83.0 Å². The van der Waals surface area contributed by atoms with Gasteiger partial charge in [-0.05, 0) is 6.92 Å². The Labute approximate surface area is 205 Å². The molecule has 2 aromatic rings. The predicted octanol–water partition coefficient (Wildman–Crippen LogP) is -3.94. The van der Waals surface area contributed by atoms with Crippen LogP contribution in [0.5, 0.6) is 0 Å². The van der Waals surface area contributed by atoms with Gasteiger partial charge in [-0.25, -0.2) is 5.57 Å². The molecule has 2 atom stereocenters. The van der Waals surface area contributed by atoms with Crippen LogP contribution >= 0.6 is 0 Å². The Balaban J connectivity index is 0. The molecule has 1 aliphatic carbocycles. The van der Waals surface area contributed by atoms with Crippen molar-refractivity contribution >= 4 is 18.4 Å². The first kappa shape index (κ1) is 29.9. The van der Waals surface area contributed by atoms with E-state index in [-0.39, 0.29) is 64.0 Å². The fourth-order valence-electron chi connectivity index (χ4n) is 4.12. The topological polar surface area (TPSA) is 0 Å². The second-order valence-corrected chi connectivity index (χ2v) is 11.9. The number of rotatable bonds is 3. The van der Waals surface area contributed by atoms with Crippen molar-refractivity contribution in [3.8, 4) is 0 Å². The first-order valence-electron chi connectivity index (χ1n) is 8.73. The van der Waals surface area contributed by atoms with E-state index < -0.39 is 8.07 Å². The second-order valence-electron chi connectivity index (χ2n) is 7.48. The maximum absolute atomic E-state index is 3.89. The van der Waals surface area contributed by atoms with Crippen LogP contribution < -0.4 is 47.6 Å². The van der Waals surface area contributed by atoms with Crippen molar-refractivity contribution in [1.82, 2.24) is 0 Å². The summed E-state index contributed by atoms with van der Waals surface area (Å²) in [5.41, 5.74) is 5.54. The number of hydrogen-bond donors (Lipinski definition) is 0. The molecule has 2 unspecified atom stereocenters. The van der Waals surface area contributed by atoms with Crippen molar-refractivity contribution in [3.63, 3.8) is 0 Å². The average molecular weight is 486 g/mol.